The molecule has 2 aliphatic carbocycles. The summed E-state index contributed by atoms with van der Waals surface area (Å²) in [5.41, 5.74) is 17.6. The van der Waals surface area contributed by atoms with E-state index in [1.807, 2.05) is 0 Å². The van der Waals surface area contributed by atoms with Gasteiger partial charge in [-0.3, -0.25) is 0 Å². The number of hydrogen-bond donors (Lipinski definition) is 0. The molecule has 0 aliphatic heterocycles. The van der Waals surface area contributed by atoms with Crippen molar-refractivity contribution in [3.8, 4) is 0 Å². The molecule has 0 bridgehead atoms. The van der Waals surface area contributed by atoms with Gasteiger partial charge in [0.05, 0.1) is 0 Å². The Morgan fingerprint density at radius 2 is 0.795 bits per heavy atom. The fraction of sp³-hybridized carbons (Fsp3) is 0.534. The van der Waals surface area contributed by atoms with Crippen LogP contribution in [0.15, 0.2) is 165 Å². The SMILES string of the molecule is C=C(C[C@@H]1CC(C(=C)C(CC(=C)[C@H](C)CC)[C@@H](C)CC)[C@H](C(=C)C[C@H](C)c2ccccc2)C1)c1cc(C)cc(C(=C)C[C@@H]2CC(C(=C)[C@@H](CC(=C)[C@H](C)CC)[C@@H](C)CC)[C@H](C(=C)CC(C)c3ccccc3)C2)c1. The summed E-state index contributed by atoms with van der Waals surface area (Å²) in [5, 5.41) is 0. The molecule has 5 rings (SSSR count). The molecule has 0 nitrogen and oxygen atoms in total. The number of hydrogen-bond acceptors (Lipinski definition) is 0. The molecule has 2 saturated carbocycles. The first-order valence-electron chi connectivity index (χ1n) is 29.4. The third-order valence-electron chi connectivity index (χ3n) is 19.4. The molecule has 0 aromatic heterocycles. The Morgan fingerprint density at radius 3 is 1.12 bits per heavy atom. The Morgan fingerprint density at radius 1 is 0.452 bits per heavy atom. The minimum Gasteiger partial charge on any atom is -0.0996 e. The Balaban J connectivity index is 1.37. The second kappa shape index (κ2) is 27.9. The monoisotopic (exact) mass is 981 g/mol. The van der Waals surface area contributed by atoms with E-state index >= 15 is 0 Å². The largest absolute Gasteiger partial charge is 0.0996 e. The van der Waals surface area contributed by atoms with Crippen molar-refractivity contribution in [3.63, 3.8) is 0 Å². The standard InChI is InChI=1S/C73H104/c1-20-48(6)52(10)40-68(50(8)22-3)60(18)72-44-62(42-70(72)58(16)36-54(12)64-30-26-24-27-31-64)38-56(14)66-34-47(5)35-67(46-66)57(15)39-63-43-71(59(17)37-55(13)65-32-28-25-29-33-65)73(45-63)61(19)69(51(9)23-4)41-53(11)49(7)21-2/h24-35,46,48-51,54-55,62-63,68-73H,10-11,14-23,36-45H2,1-9,12-13H3/t48-,49-,50+,51+,54+,55?,62+,63+,68?,69+,70+,71+,72?,73?/m1/s1. The van der Waals surface area contributed by atoms with Crippen molar-refractivity contribution in [2.45, 2.75) is 178 Å². The van der Waals surface area contributed by atoms with Crippen LogP contribution in [0.2, 0.25) is 0 Å². The van der Waals surface area contributed by atoms with Gasteiger partial charge in [0, 0.05) is 0 Å². The molecule has 2 aliphatic rings. The maximum Gasteiger partial charge on any atom is -0.0135 e. The van der Waals surface area contributed by atoms with Gasteiger partial charge in [-0.1, -0.05) is 241 Å². The highest BCUT2D eigenvalue weighted by Crippen LogP contribution is 2.53. The van der Waals surface area contributed by atoms with E-state index in [2.05, 4.69) is 168 Å². The van der Waals surface area contributed by atoms with Gasteiger partial charge in [0.15, 0.2) is 0 Å². The highest BCUT2D eigenvalue weighted by Gasteiger charge is 2.42. The number of aryl methyl sites for hydroxylation is 1. The van der Waals surface area contributed by atoms with E-state index in [0.717, 1.165) is 89.9 Å². The van der Waals surface area contributed by atoms with E-state index in [1.54, 1.807) is 0 Å². The number of allylic oxidation sites excluding steroid dienone is 8. The molecule has 0 spiro atoms. The smallest absolute Gasteiger partial charge is 0.0135 e. The first-order chi connectivity index (χ1) is 34.7. The van der Waals surface area contributed by atoms with Crippen molar-refractivity contribution in [3.05, 3.63) is 193 Å². The molecular weight excluding hydrogens is 877 g/mol. The molecule has 14 atom stereocenters. The highest BCUT2D eigenvalue weighted by molar-refractivity contribution is 5.72. The van der Waals surface area contributed by atoms with Crippen LogP contribution in [0.25, 0.3) is 11.1 Å². The third kappa shape index (κ3) is 15.8. The summed E-state index contributed by atoms with van der Waals surface area (Å²) in [4.78, 5) is 0. The third-order valence-corrected chi connectivity index (χ3v) is 19.4. The van der Waals surface area contributed by atoms with E-state index in [9.17, 15) is 0 Å². The summed E-state index contributed by atoms with van der Waals surface area (Å²) in [6.45, 7) is 64.8. The summed E-state index contributed by atoms with van der Waals surface area (Å²) in [5.74, 6) is 6.57. The number of rotatable bonds is 30. The van der Waals surface area contributed by atoms with Crippen LogP contribution in [0.4, 0.5) is 0 Å². The van der Waals surface area contributed by atoms with Crippen LogP contribution in [0, 0.1) is 77.9 Å². The Kier molecular flexibility index (Phi) is 22.7. The maximum absolute atomic E-state index is 5.04. The van der Waals surface area contributed by atoms with Gasteiger partial charge in [-0.2, -0.15) is 0 Å². The molecule has 4 unspecified atom stereocenters. The fourth-order valence-electron chi connectivity index (χ4n) is 13.4. The number of benzene rings is 3. The van der Waals surface area contributed by atoms with Crippen molar-refractivity contribution in [1.29, 1.82) is 0 Å². The molecule has 0 radical (unpaired) electrons. The van der Waals surface area contributed by atoms with Gasteiger partial charge >= 0.3 is 0 Å². The van der Waals surface area contributed by atoms with Gasteiger partial charge in [-0.15, -0.1) is 0 Å². The average Bonchev–Trinajstić information content (AvgIpc) is 4.03. The predicted octanol–water partition coefficient (Wildman–Crippen LogP) is 22.0. The molecule has 2 fully saturated rings. The van der Waals surface area contributed by atoms with Gasteiger partial charge < -0.3 is 0 Å². The van der Waals surface area contributed by atoms with E-state index in [0.29, 0.717) is 82.9 Å². The van der Waals surface area contributed by atoms with Crippen LogP contribution >= 0.6 is 0 Å². The zero-order valence-electron chi connectivity index (χ0n) is 48.6. The summed E-state index contributed by atoms with van der Waals surface area (Å²) in [6, 6.07) is 29.2. The van der Waals surface area contributed by atoms with Crippen LogP contribution in [-0.4, -0.2) is 0 Å². The van der Waals surface area contributed by atoms with E-state index in [-0.39, 0.29) is 0 Å². The lowest BCUT2D eigenvalue weighted by atomic mass is 9.71. The predicted molar refractivity (Wildman–Crippen MR) is 326 cm³/mol. The van der Waals surface area contributed by atoms with Crippen LogP contribution in [0.1, 0.15) is 199 Å². The lowest BCUT2D eigenvalue weighted by Crippen LogP contribution is -2.24. The maximum atomic E-state index is 5.04. The molecule has 0 N–H and O–H groups in total. The van der Waals surface area contributed by atoms with Crippen molar-refractivity contribution < 1.29 is 0 Å². The molecule has 0 heterocycles. The van der Waals surface area contributed by atoms with Crippen LogP contribution < -0.4 is 0 Å². The van der Waals surface area contributed by atoms with E-state index in [1.165, 1.54) is 72.4 Å². The van der Waals surface area contributed by atoms with E-state index < -0.39 is 0 Å². The van der Waals surface area contributed by atoms with Crippen molar-refractivity contribution in [2.24, 2.45) is 71.0 Å². The molecule has 3 aromatic rings. The topological polar surface area (TPSA) is 0 Å². The normalized spacial score (nSPS) is 23.1. The molecule has 396 valence electrons. The Hall–Kier alpha value is -4.42. The average molecular weight is 982 g/mol. The lowest BCUT2D eigenvalue weighted by Gasteiger charge is -2.34. The quantitative estimate of drug-likeness (QED) is 0.0584. The molecule has 0 heteroatoms. The van der Waals surface area contributed by atoms with Crippen molar-refractivity contribution >= 4 is 11.1 Å². The minimum atomic E-state index is 0.414. The molecule has 0 amide bonds. The zero-order chi connectivity index (χ0) is 53.7. The zero-order valence-corrected chi connectivity index (χ0v) is 48.6. The Labute approximate surface area is 450 Å². The molecule has 0 saturated heterocycles. The second-order valence-electron chi connectivity index (χ2n) is 24.6. The van der Waals surface area contributed by atoms with Gasteiger partial charge in [0.25, 0.3) is 0 Å². The van der Waals surface area contributed by atoms with E-state index in [4.69, 9.17) is 39.5 Å². The minimum absolute atomic E-state index is 0.414. The second-order valence-corrected chi connectivity index (χ2v) is 24.6. The summed E-state index contributed by atoms with van der Waals surface area (Å²) >= 11 is 0. The molecular formula is C73H104. The lowest BCUT2D eigenvalue weighted by molar-refractivity contribution is 0.333. The Bertz CT molecular complexity index is 2180. The van der Waals surface area contributed by atoms with Crippen LogP contribution in [-0.2, 0) is 0 Å². The summed E-state index contributed by atoms with van der Waals surface area (Å²) in [6.07, 6.45) is 15.2. The van der Waals surface area contributed by atoms with Gasteiger partial charge in [0.1, 0.15) is 0 Å². The first-order valence-corrected chi connectivity index (χ1v) is 29.4. The van der Waals surface area contributed by atoms with Gasteiger partial charge in [0.2, 0.25) is 0 Å². The van der Waals surface area contributed by atoms with Crippen molar-refractivity contribution in [1.82, 2.24) is 0 Å². The van der Waals surface area contributed by atoms with Gasteiger partial charge in [-0.05, 0) is 212 Å². The highest BCUT2D eigenvalue weighted by atomic mass is 14.5. The van der Waals surface area contributed by atoms with Crippen LogP contribution in [0.5, 0.6) is 0 Å². The molecule has 3 aromatic carbocycles. The van der Waals surface area contributed by atoms with Crippen LogP contribution in [0.3, 0.4) is 0 Å². The summed E-state index contributed by atoms with van der Waals surface area (Å²) < 4.78 is 0. The van der Waals surface area contributed by atoms with Gasteiger partial charge in [-0.25, -0.2) is 0 Å². The molecule has 73 heavy (non-hydrogen) atoms. The summed E-state index contributed by atoms with van der Waals surface area (Å²) in [7, 11) is 0. The first kappa shape index (κ1) is 59.5. The fourth-order valence-corrected chi connectivity index (χ4v) is 13.4. The van der Waals surface area contributed by atoms with Crippen molar-refractivity contribution in [2.75, 3.05) is 0 Å².